The summed E-state index contributed by atoms with van der Waals surface area (Å²) in [5.74, 6) is -0.696. The maximum atomic E-state index is 12.3. The first kappa shape index (κ1) is 22.0. The van der Waals surface area contributed by atoms with Gasteiger partial charge in [0.1, 0.15) is 5.75 Å². The Morgan fingerprint density at radius 2 is 1.55 bits per heavy atom. The van der Waals surface area contributed by atoms with E-state index in [9.17, 15) is 14.4 Å². The Morgan fingerprint density at radius 1 is 0.839 bits per heavy atom. The van der Waals surface area contributed by atoms with Crippen molar-refractivity contribution in [2.24, 2.45) is 0 Å². The third-order valence-corrected chi connectivity index (χ3v) is 4.71. The molecule has 0 aromatic heterocycles. The molecule has 0 radical (unpaired) electrons. The standard InChI is InChI=1S/C23H20BrN3O4/c1-15-3-2-4-17(13-15)22(29)25-19-9-5-16(6-10-19)23(30)27-26-21(28)14-31-20-11-7-18(24)8-12-20/h2-13H,14H2,1H3,(H,25,29)(H,26,28)(H,27,30). The predicted molar refractivity (Wildman–Crippen MR) is 121 cm³/mol. The van der Waals surface area contributed by atoms with E-state index in [1.165, 1.54) is 0 Å². The minimum Gasteiger partial charge on any atom is -0.484 e. The molecule has 0 fully saturated rings. The molecule has 0 saturated carbocycles. The van der Waals surface area contributed by atoms with Crippen molar-refractivity contribution in [1.82, 2.24) is 10.9 Å². The van der Waals surface area contributed by atoms with Crippen LogP contribution in [0.1, 0.15) is 26.3 Å². The van der Waals surface area contributed by atoms with Crippen molar-refractivity contribution in [3.8, 4) is 5.75 Å². The van der Waals surface area contributed by atoms with Crippen LogP contribution in [-0.2, 0) is 4.79 Å². The van der Waals surface area contributed by atoms with Gasteiger partial charge in [-0.25, -0.2) is 0 Å². The van der Waals surface area contributed by atoms with Crippen LogP contribution in [0.4, 0.5) is 5.69 Å². The summed E-state index contributed by atoms with van der Waals surface area (Å²) in [6, 6.07) is 20.6. The van der Waals surface area contributed by atoms with E-state index in [1.54, 1.807) is 60.7 Å². The SMILES string of the molecule is Cc1cccc(C(=O)Nc2ccc(C(=O)NNC(=O)COc3ccc(Br)cc3)cc2)c1. The van der Waals surface area contributed by atoms with E-state index in [2.05, 4.69) is 32.1 Å². The molecular formula is C23H20BrN3O4. The molecule has 0 aliphatic carbocycles. The average Bonchev–Trinajstić information content (AvgIpc) is 2.77. The number of benzene rings is 3. The summed E-state index contributed by atoms with van der Waals surface area (Å²) in [5.41, 5.74) is 7.03. The maximum absolute atomic E-state index is 12.3. The highest BCUT2D eigenvalue weighted by atomic mass is 79.9. The Balaban J connectivity index is 1.46. The second kappa shape index (κ2) is 10.4. The molecule has 0 saturated heterocycles. The molecule has 3 N–H and O–H groups in total. The summed E-state index contributed by atoms with van der Waals surface area (Å²) < 4.78 is 6.23. The van der Waals surface area contributed by atoms with Crippen LogP contribution < -0.4 is 20.9 Å². The first-order valence-corrected chi connectivity index (χ1v) is 10.2. The summed E-state index contributed by atoms with van der Waals surface area (Å²) in [6.07, 6.45) is 0. The number of hydrogen-bond donors (Lipinski definition) is 3. The third-order valence-electron chi connectivity index (χ3n) is 4.18. The monoisotopic (exact) mass is 481 g/mol. The first-order valence-electron chi connectivity index (χ1n) is 9.36. The molecule has 0 aliphatic heterocycles. The normalized spacial score (nSPS) is 10.1. The number of hydrazine groups is 1. The van der Waals surface area contributed by atoms with Crippen LogP contribution in [0.25, 0.3) is 0 Å². The molecule has 0 spiro atoms. The molecule has 3 aromatic carbocycles. The topological polar surface area (TPSA) is 96.5 Å². The number of rotatable bonds is 6. The molecule has 0 unspecified atom stereocenters. The third kappa shape index (κ3) is 6.68. The lowest BCUT2D eigenvalue weighted by atomic mass is 10.1. The Labute approximate surface area is 187 Å². The van der Waals surface area contributed by atoms with Crippen LogP contribution in [0.3, 0.4) is 0 Å². The van der Waals surface area contributed by atoms with Crippen molar-refractivity contribution in [2.75, 3.05) is 11.9 Å². The Morgan fingerprint density at radius 3 is 2.23 bits per heavy atom. The molecule has 158 valence electrons. The van der Waals surface area contributed by atoms with Crippen LogP contribution in [0.5, 0.6) is 5.75 Å². The zero-order valence-corrected chi connectivity index (χ0v) is 18.2. The summed E-state index contributed by atoms with van der Waals surface area (Å²) in [4.78, 5) is 36.3. The number of halogens is 1. The van der Waals surface area contributed by atoms with Crippen LogP contribution in [0.2, 0.25) is 0 Å². The fourth-order valence-electron chi connectivity index (χ4n) is 2.61. The van der Waals surface area contributed by atoms with Crippen LogP contribution in [0.15, 0.2) is 77.3 Å². The molecular weight excluding hydrogens is 462 g/mol. The summed E-state index contributed by atoms with van der Waals surface area (Å²) in [5, 5.41) is 2.78. The van der Waals surface area contributed by atoms with Gasteiger partial charge in [0.2, 0.25) is 0 Å². The molecule has 3 amide bonds. The lowest BCUT2D eigenvalue weighted by Crippen LogP contribution is -2.43. The fraction of sp³-hybridized carbons (Fsp3) is 0.0870. The Kier molecular flexibility index (Phi) is 7.40. The number of aryl methyl sites for hydroxylation is 1. The van der Waals surface area contributed by atoms with Crippen molar-refractivity contribution in [3.05, 3.63) is 94.0 Å². The number of amides is 3. The predicted octanol–water partition coefficient (Wildman–Crippen LogP) is 3.85. The molecule has 0 bridgehead atoms. The van der Waals surface area contributed by atoms with E-state index in [0.717, 1.165) is 10.0 Å². The van der Waals surface area contributed by atoms with E-state index in [1.807, 2.05) is 19.1 Å². The van der Waals surface area contributed by atoms with Gasteiger partial charge in [-0.05, 0) is 67.6 Å². The van der Waals surface area contributed by atoms with Gasteiger partial charge in [0.15, 0.2) is 6.61 Å². The van der Waals surface area contributed by atoms with Crippen LogP contribution >= 0.6 is 15.9 Å². The highest BCUT2D eigenvalue weighted by Gasteiger charge is 2.10. The number of anilines is 1. The lowest BCUT2D eigenvalue weighted by molar-refractivity contribution is -0.123. The zero-order chi connectivity index (χ0) is 22.2. The molecule has 3 rings (SSSR count). The summed E-state index contributed by atoms with van der Waals surface area (Å²) in [6.45, 7) is 1.67. The largest absolute Gasteiger partial charge is 0.484 e. The molecule has 7 nitrogen and oxygen atoms in total. The van der Waals surface area contributed by atoms with Gasteiger partial charge < -0.3 is 10.1 Å². The second-order valence-electron chi connectivity index (χ2n) is 6.65. The van der Waals surface area contributed by atoms with E-state index in [4.69, 9.17) is 4.74 Å². The van der Waals surface area contributed by atoms with Crippen LogP contribution in [-0.4, -0.2) is 24.3 Å². The van der Waals surface area contributed by atoms with E-state index < -0.39 is 11.8 Å². The van der Waals surface area contributed by atoms with Crippen molar-refractivity contribution in [1.29, 1.82) is 0 Å². The fourth-order valence-corrected chi connectivity index (χ4v) is 2.87. The average molecular weight is 482 g/mol. The van der Waals surface area contributed by atoms with Crippen LogP contribution in [0, 0.1) is 6.92 Å². The number of carbonyl (C=O) groups is 3. The second-order valence-corrected chi connectivity index (χ2v) is 7.56. The minimum atomic E-state index is -0.502. The quantitative estimate of drug-likeness (QED) is 0.465. The number of hydrogen-bond acceptors (Lipinski definition) is 4. The van der Waals surface area contributed by atoms with Gasteiger partial charge in [0.25, 0.3) is 17.7 Å². The molecule has 0 atom stereocenters. The number of nitrogens with one attached hydrogen (secondary N) is 3. The molecule has 8 heteroatoms. The van der Waals surface area contributed by atoms with Gasteiger partial charge >= 0.3 is 0 Å². The lowest BCUT2D eigenvalue weighted by Gasteiger charge is -2.10. The smallest absolute Gasteiger partial charge is 0.276 e. The summed E-state index contributed by atoms with van der Waals surface area (Å²) in [7, 11) is 0. The Hall–Kier alpha value is -3.65. The minimum absolute atomic E-state index is 0.237. The molecule has 0 aliphatic rings. The molecule has 3 aromatic rings. The molecule has 0 heterocycles. The van der Waals surface area contributed by atoms with Gasteiger partial charge in [-0.15, -0.1) is 0 Å². The van der Waals surface area contributed by atoms with Crippen molar-refractivity contribution < 1.29 is 19.1 Å². The zero-order valence-electron chi connectivity index (χ0n) is 16.6. The van der Waals surface area contributed by atoms with Crippen molar-refractivity contribution in [2.45, 2.75) is 6.92 Å². The summed E-state index contributed by atoms with van der Waals surface area (Å²) >= 11 is 3.31. The number of carbonyl (C=O) groups excluding carboxylic acids is 3. The van der Waals surface area contributed by atoms with E-state index in [0.29, 0.717) is 22.6 Å². The van der Waals surface area contributed by atoms with Gasteiger partial charge in [-0.1, -0.05) is 33.6 Å². The highest BCUT2D eigenvalue weighted by molar-refractivity contribution is 9.10. The Bertz CT molecular complexity index is 1080. The van der Waals surface area contributed by atoms with E-state index in [-0.39, 0.29) is 12.5 Å². The van der Waals surface area contributed by atoms with Gasteiger partial charge in [-0.2, -0.15) is 0 Å². The van der Waals surface area contributed by atoms with Crippen molar-refractivity contribution >= 4 is 39.3 Å². The number of ether oxygens (including phenoxy) is 1. The maximum Gasteiger partial charge on any atom is 0.276 e. The van der Waals surface area contributed by atoms with E-state index >= 15 is 0 Å². The van der Waals surface area contributed by atoms with Gasteiger partial charge in [-0.3, -0.25) is 25.2 Å². The van der Waals surface area contributed by atoms with Gasteiger partial charge in [0, 0.05) is 21.3 Å². The van der Waals surface area contributed by atoms with Gasteiger partial charge in [0.05, 0.1) is 0 Å². The van der Waals surface area contributed by atoms with Crippen molar-refractivity contribution in [3.63, 3.8) is 0 Å². The first-order chi connectivity index (χ1) is 14.9. The highest BCUT2D eigenvalue weighted by Crippen LogP contribution is 2.16. The molecule has 31 heavy (non-hydrogen) atoms.